The number of carbonyl (C=O) groups is 2. The lowest BCUT2D eigenvalue weighted by Crippen LogP contribution is -2.28. The number of anilines is 2. The SMILES string of the molecule is COc1ccc(NC(=O)C(=N)C(=O)/C=C\Nc2ccccc2)cc1. The van der Waals surface area contributed by atoms with E-state index in [0.29, 0.717) is 11.4 Å². The van der Waals surface area contributed by atoms with Crippen molar-refractivity contribution in [2.24, 2.45) is 0 Å². The highest BCUT2D eigenvalue weighted by Crippen LogP contribution is 2.14. The minimum absolute atomic E-state index is 0.477. The number of methoxy groups -OCH3 is 1. The van der Waals surface area contributed by atoms with E-state index < -0.39 is 17.4 Å². The molecule has 1 amide bonds. The maximum Gasteiger partial charge on any atom is 0.277 e. The average molecular weight is 323 g/mol. The van der Waals surface area contributed by atoms with Crippen molar-refractivity contribution in [3.05, 3.63) is 66.9 Å². The molecule has 0 saturated carbocycles. The third kappa shape index (κ3) is 4.81. The summed E-state index contributed by atoms with van der Waals surface area (Å²) in [6, 6.07) is 15.8. The molecule has 0 atom stereocenters. The summed E-state index contributed by atoms with van der Waals surface area (Å²) in [5.74, 6) is -0.812. The van der Waals surface area contributed by atoms with Gasteiger partial charge in [0.25, 0.3) is 5.91 Å². The maximum atomic E-state index is 11.9. The highest BCUT2D eigenvalue weighted by Gasteiger charge is 2.16. The van der Waals surface area contributed by atoms with Gasteiger partial charge < -0.3 is 15.4 Å². The largest absolute Gasteiger partial charge is 0.497 e. The number of hydrogen-bond donors (Lipinski definition) is 3. The number of ether oxygens (including phenoxy) is 1. The number of ketones is 1. The summed E-state index contributed by atoms with van der Waals surface area (Å²) in [6.45, 7) is 0. The molecule has 6 heteroatoms. The molecular weight excluding hydrogens is 306 g/mol. The molecule has 0 saturated heterocycles. The first-order chi connectivity index (χ1) is 11.6. The standard InChI is InChI=1S/C18H17N3O3/c1-24-15-9-7-14(8-10-15)21-18(23)17(19)16(22)11-12-20-13-5-3-2-4-6-13/h2-12,19-20H,1H3,(H,21,23)/b12-11-,19-17?. The van der Waals surface area contributed by atoms with Crippen molar-refractivity contribution >= 4 is 28.8 Å². The predicted octanol–water partition coefficient (Wildman–Crippen LogP) is 2.85. The summed E-state index contributed by atoms with van der Waals surface area (Å²) in [7, 11) is 1.54. The average Bonchev–Trinajstić information content (AvgIpc) is 2.62. The summed E-state index contributed by atoms with van der Waals surface area (Å²) < 4.78 is 5.02. The van der Waals surface area contributed by atoms with E-state index in [2.05, 4.69) is 10.6 Å². The van der Waals surface area contributed by atoms with Crippen molar-refractivity contribution in [2.75, 3.05) is 17.7 Å². The topological polar surface area (TPSA) is 91.3 Å². The van der Waals surface area contributed by atoms with E-state index >= 15 is 0 Å². The fraction of sp³-hybridized carbons (Fsp3) is 0.0556. The lowest BCUT2D eigenvalue weighted by Gasteiger charge is -2.05. The van der Waals surface area contributed by atoms with Crippen LogP contribution in [0, 0.1) is 5.41 Å². The van der Waals surface area contributed by atoms with Crippen LogP contribution in [0.2, 0.25) is 0 Å². The van der Waals surface area contributed by atoms with Gasteiger partial charge >= 0.3 is 0 Å². The number of rotatable bonds is 7. The number of allylic oxidation sites excluding steroid dienone is 1. The first kappa shape index (κ1) is 17.0. The van der Waals surface area contributed by atoms with E-state index in [9.17, 15) is 9.59 Å². The van der Waals surface area contributed by atoms with Gasteiger partial charge in [0, 0.05) is 23.7 Å². The Morgan fingerprint density at radius 3 is 2.29 bits per heavy atom. The van der Waals surface area contributed by atoms with Crippen molar-refractivity contribution in [2.45, 2.75) is 0 Å². The van der Waals surface area contributed by atoms with Crippen LogP contribution in [0.3, 0.4) is 0 Å². The van der Waals surface area contributed by atoms with Crippen LogP contribution in [-0.2, 0) is 9.59 Å². The van der Waals surface area contributed by atoms with Crippen molar-refractivity contribution < 1.29 is 14.3 Å². The molecule has 2 aromatic rings. The molecule has 2 rings (SSSR count). The van der Waals surface area contributed by atoms with E-state index in [1.165, 1.54) is 13.3 Å². The third-order valence-electron chi connectivity index (χ3n) is 3.08. The fourth-order valence-corrected chi connectivity index (χ4v) is 1.81. The van der Waals surface area contributed by atoms with Gasteiger partial charge in [-0.15, -0.1) is 0 Å². The Labute approximate surface area is 139 Å². The number of nitrogens with one attached hydrogen (secondary N) is 3. The maximum absolute atomic E-state index is 11.9. The van der Waals surface area contributed by atoms with Crippen LogP contribution in [0.1, 0.15) is 0 Å². The molecule has 24 heavy (non-hydrogen) atoms. The van der Waals surface area contributed by atoms with Crippen LogP contribution in [0.25, 0.3) is 0 Å². The molecule has 2 aromatic carbocycles. The van der Waals surface area contributed by atoms with Crippen LogP contribution < -0.4 is 15.4 Å². The van der Waals surface area contributed by atoms with Gasteiger partial charge in [-0.3, -0.25) is 15.0 Å². The number of carbonyl (C=O) groups excluding carboxylic acids is 2. The van der Waals surface area contributed by atoms with Crippen LogP contribution in [0.15, 0.2) is 66.9 Å². The van der Waals surface area contributed by atoms with Gasteiger partial charge in [0.15, 0.2) is 5.71 Å². The summed E-state index contributed by atoms with van der Waals surface area (Å²) in [4.78, 5) is 23.7. The highest BCUT2D eigenvalue weighted by molar-refractivity contribution is 6.68. The molecule has 0 aromatic heterocycles. The third-order valence-corrected chi connectivity index (χ3v) is 3.08. The van der Waals surface area contributed by atoms with Gasteiger partial charge in [-0.1, -0.05) is 18.2 Å². The van der Waals surface area contributed by atoms with Crippen LogP contribution >= 0.6 is 0 Å². The van der Waals surface area contributed by atoms with Gasteiger partial charge in [-0.2, -0.15) is 0 Å². The zero-order valence-corrected chi connectivity index (χ0v) is 13.1. The predicted molar refractivity (Wildman–Crippen MR) is 93.6 cm³/mol. The van der Waals surface area contributed by atoms with E-state index in [0.717, 1.165) is 11.8 Å². The second-order valence-corrected chi connectivity index (χ2v) is 4.77. The molecule has 6 nitrogen and oxygen atoms in total. The van der Waals surface area contributed by atoms with Crippen molar-refractivity contribution in [3.63, 3.8) is 0 Å². The first-order valence-electron chi connectivity index (χ1n) is 7.16. The molecule has 0 bridgehead atoms. The molecule has 0 radical (unpaired) electrons. The van der Waals surface area contributed by atoms with Gasteiger partial charge in [0.05, 0.1) is 7.11 Å². The van der Waals surface area contributed by atoms with Crippen LogP contribution in [-0.4, -0.2) is 24.5 Å². The van der Waals surface area contributed by atoms with Gasteiger partial charge in [-0.25, -0.2) is 0 Å². The van der Waals surface area contributed by atoms with Crippen molar-refractivity contribution in [1.82, 2.24) is 0 Å². The van der Waals surface area contributed by atoms with E-state index in [1.807, 2.05) is 30.3 Å². The molecule has 0 heterocycles. The van der Waals surface area contributed by atoms with E-state index in [-0.39, 0.29) is 0 Å². The molecule has 0 aliphatic rings. The van der Waals surface area contributed by atoms with Crippen molar-refractivity contribution in [1.29, 1.82) is 5.41 Å². The summed E-state index contributed by atoms with van der Waals surface area (Å²) in [5, 5.41) is 13.0. The van der Waals surface area contributed by atoms with Gasteiger partial charge in [-0.05, 0) is 36.4 Å². The second kappa shape index (κ2) is 8.28. The smallest absolute Gasteiger partial charge is 0.277 e. The summed E-state index contributed by atoms with van der Waals surface area (Å²) >= 11 is 0. The minimum Gasteiger partial charge on any atom is -0.497 e. The number of hydrogen-bond acceptors (Lipinski definition) is 5. The monoisotopic (exact) mass is 323 g/mol. The number of benzene rings is 2. The lowest BCUT2D eigenvalue weighted by molar-refractivity contribution is -0.113. The van der Waals surface area contributed by atoms with Crippen molar-refractivity contribution in [3.8, 4) is 5.75 Å². The Bertz CT molecular complexity index is 753. The van der Waals surface area contributed by atoms with Gasteiger partial charge in [0.2, 0.25) is 5.78 Å². The zero-order chi connectivity index (χ0) is 17.4. The molecule has 0 unspecified atom stereocenters. The van der Waals surface area contributed by atoms with Crippen LogP contribution in [0.5, 0.6) is 5.75 Å². The molecule has 0 fully saturated rings. The Balaban J connectivity index is 1.89. The Morgan fingerprint density at radius 2 is 1.67 bits per heavy atom. The molecule has 122 valence electrons. The molecular formula is C18H17N3O3. The Hall–Kier alpha value is -3.41. The van der Waals surface area contributed by atoms with Crippen LogP contribution in [0.4, 0.5) is 11.4 Å². The number of amides is 1. The Kier molecular flexibility index (Phi) is 5.85. The molecule has 0 spiro atoms. The summed E-state index contributed by atoms with van der Waals surface area (Å²) in [6.07, 6.45) is 2.54. The Morgan fingerprint density at radius 1 is 1.00 bits per heavy atom. The lowest BCUT2D eigenvalue weighted by atomic mass is 10.2. The minimum atomic E-state index is -0.769. The molecule has 3 N–H and O–H groups in total. The zero-order valence-electron chi connectivity index (χ0n) is 13.1. The normalized spacial score (nSPS) is 10.2. The van der Waals surface area contributed by atoms with E-state index in [4.69, 9.17) is 10.1 Å². The first-order valence-corrected chi connectivity index (χ1v) is 7.16. The highest BCUT2D eigenvalue weighted by atomic mass is 16.5. The second-order valence-electron chi connectivity index (χ2n) is 4.77. The quantitative estimate of drug-likeness (QED) is 0.415. The number of para-hydroxylation sites is 1. The molecule has 0 aliphatic carbocycles. The van der Waals surface area contributed by atoms with E-state index in [1.54, 1.807) is 24.3 Å². The summed E-state index contributed by atoms with van der Waals surface area (Å²) in [5.41, 5.74) is 0.637. The fourth-order valence-electron chi connectivity index (χ4n) is 1.81. The van der Waals surface area contributed by atoms with Gasteiger partial charge in [0.1, 0.15) is 5.75 Å². The molecule has 0 aliphatic heterocycles.